The summed E-state index contributed by atoms with van der Waals surface area (Å²) in [4.78, 5) is 16.7. The molecule has 0 unspecified atom stereocenters. The van der Waals surface area contributed by atoms with Crippen LogP contribution in [0.3, 0.4) is 0 Å². The summed E-state index contributed by atoms with van der Waals surface area (Å²) in [6, 6.07) is 6.73. The van der Waals surface area contributed by atoms with Gasteiger partial charge in [0.25, 0.3) is 0 Å². The van der Waals surface area contributed by atoms with Gasteiger partial charge in [0.1, 0.15) is 23.7 Å². The number of rotatable bonds is 5. The van der Waals surface area contributed by atoms with Gasteiger partial charge in [0.2, 0.25) is 0 Å². The van der Waals surface area contributed by atoms with Crippen molar-refractivity contribution in [2.24, 2.45) is 0 Å². The van der Waals surface area contributed by atoms with E-state index in [1.807, 2.05) is 16.8 Å². The first-order valence-electron chi connectivity index (χ1n) is 10.9. The minimum Gasteiger partial charge on any atom is -0.365 e. The molecule has 0 spiro atoms. The van der Waals surface area contributed by atoms with Crippen LogP contribution in [0.25, 0.3) is 28.1 Å². The summed E-state index contributed by atoms with van der Waals surface area (Å²) >= 11 is 0. The van der Waals surface area contributed by atoms with Crippen LogP contribution in [-0.2, 0) is 6.54 Å². The van der Waals surface area contributed by atoms with Gasteiger partial charge in [-0.3, -0.25) is 4.40 Å². The monoisotopic (exact) mass is 421 g/mol. The van der Waals surface area contributed by atoms with E-state index in [9.17, 15) is 4.39 Å². The Morgan fingerprint density at radius 3 is 2.52 bits per heavy atom. The van der Waals surface area contributed by atoms with Crippen molar-refractivity contribution in [1.29, 1.82) is 0 Å². The number of hydrogen-bond acceptors (Lipinski definition) is 5. The maximum Gasteiger partial charge on any atom is 0.170 e. The Morgan fingerprint density at radius 2 is 1.77 bits per heavy atom. The van der Waals surface area contributed by atoms with Crippen LogP contribution >= 0.6 is 0 Å². The highest BCUT2D eigenvalue weighted by Gasteiger charge is 2.23. The van der Waals surface area contributed by atoms with Crippen molar-refractivity contribution in [2.45, 2.75) is 45.7 Å². The standard InChI is InChI=1S/C23H28FN7/c1-23(2,3)28-22-18(16-8-4-5-9-17(16)24)27-21-19-20(26-15-31(21)22)30(14-25-19)13-12-29-10-6-7-11-29/h4-5,8-9,14-15,28H,6-7,10-13H2,1-3H3. The molecule has 1 fully saturated rings. The van der Waals surface area contributed by atoms with Crippen molar-refractivity contribution in [3.05, 3.63) is 42.7 Å². The Hall–Kier alpha value is -3.00. The fraction of sp³-hybridized carbons (Fsp3) is 0.435. The molecule has 0 aliphatic carbocycles. The lowest BCUT2D eigenvalue weighted by molar-refractivity contribution is 0.324. The third-order valence-electron chi connectivity index (χ3n) is 5.71. The van der Waals surface area contributed by atoms with Gasteiger partial charge in [0.15, 0.2) is 16.8 Å². The van der Waals surface area contributed by atoms with Crippen LogP contribution < -0.4 is 5.32 Å². The zero-order valence-electron chi connectivity index (χ0n) is 18.3. The molecule has 3 aromatic heterocycles. The summed E-state index contributed by atoms with van der Waals surface area (Å²) < 4.78 is 18.6. The van der Waals surface area contributed by atoms with Crippen LogP contribution in [0.2, 0.25) is 0 Å². The molecule has 1 saturated heterocycles. The Labute approximate surface area is 180 Å². The van der Waals surface area contributed by atoms with Crippen molar-refractivity contribution in [3.8, 4) is 11.3 Å². The average Bonchev–Trinajstić information content (AvgIpc) is 3.44. The highest BCUT2D eigenvalue weighted by atomic mass is 19.1. The highest BCUT2D eigenvalue weighted by Crippen LogP contribution is 2.33. The van der Waals surface area contributed by atoms with Crippen molar-refractivity contribution < 1.29 is 4.39 Å². The summed E-state index contributed by atoms with van der Waals surface area (Å²) in [5.74, 6) is 0.414. The largest absolute Gasteiger partial charge is 0.365 e. The van der Waals surface area contributed by atoms with E-state index in [0.29, 0.717) is 22.7 Å². The third-order valence-corrected chi connectivity index (χ3v) is 5.71. The summed E-state index contributed by atoms with van der Waals surface area (Å²) in [5, 5.41) is 3.48. The van der Waals surface area contributed by atoms with Crippen LogP contribution in [0.15, 0.2) is 36.9 Å². The van der Waals surface area contributed by atoms with E-state index >= 15 is 0 Å². The van der Waals surface area contributed by atoms with Crippen LogP contribution in [0, 0.1) is 5.82 Å². The molecule has 1 N–H and O–H groups in total. The second-order valence-electron chi connectivity index (χ2n) is 9.26. The number of likely N-dealkylation sites (tertiary alicyclic amines) is 1. The van der Waals surface area contributed by atoms with E-state index in [2.05, 4.69) is 40.5 Å². The van der Waals surface area contributed by atoms with Crippen molar-refractivity contribution >= 4 is 22.6 Å². The molecule has 4 aromatic rings. The van der Waals surface area contributed by atoms with Gasteiger partial charge in [0, 0.05) is 24.2 Å². The molecule has 1 aliphatic heterocycles. The second kappa shape index (κ2) is 7.60. The van der Waals surface area contributed by atoms with E-state index in [4.69, 9.17) is 9.97 Å². The molecule has 5 rings (SSSR count). The maximum absolute atomic E-state index is 14.7. The van der Waals surface area contributed by atoms with Gasteiger partial charge in [-0.25, -0.2) is 19.3 Å². The number of fused-ring (bicyclic) bond motifs is 3. The van der Waals surface area contributed by atoms with Gasteiger partial charge in [0.05, 0.1) is 6.33 Å². The zero-order valence-corrected chi connectivity index (χ0v) is 18.3. The lowest BCUT2D eigenvalue weighted by Crippen LogP contribution is -2.27. The SMILES string of the molecule is CC(C)(C)Nc1c(-c2ccccc2F)nc2c3ncn(CCN4CCCC4)c3ncn12. The fourth-order valence-corrected chi connectivity index (χ4v) is 4.23. The lowest BCUT2D eigenvalue weighted by atomic mass is 10.1. The normalized spacial score (nSPS) is 15.4. The molecule has 4 heterocycles. The number of imidazole rings is 2. The first kappa shape index (κ1) is 19.9. The fourth-order valence-electron chi connectivity index (χ4n) is 4.23. The van der Waals surface area contributed by atoms with Crippen LogP contribution in [0.1, 0.15) is 33.6 Å². The third kappa shape index (κ3) is 3.76. The molecule has 8 heteroatoms. The Morgan fingerprint density at radius 1 is 1.00 bits per heavy atom. The van der Waals surface area contributed by atoms with Gasteiger partial charge < -0.3 is 14.8 Å². The molecule has 0 amide bonds. The smallest absolute Gasteiger partial charge is 0.170 e. The topological polar surface area (TPSA) is 63.3 Å². The molecule has 162 valence electrons. The first-order valence-corrected chi connectivity index (χ1v) is 10.9. The number of anilines is 1. The molecular weight excluding hydrogens is 393 g/mol. The minimum absolute atomic E-state index is 0.236. The Kier molecular flexibility index (Phi) is 4.89. The molecule has 0 radical (unpaired) electrons. The van der Waals surface area contributed by atoms with Crippen molar-refractivity contribution in [1.82, 2.24) is 28.8 Å². The van der Waals surface area contributed by atoms with Gasteiger partial charge in [-0.2, -0.15) is 0 Å². The number of nitrogens with one attached hydrogen (secondary N) is 1. The minimum atomic E-state index is -0.303. The maximum atomic E-state index is 14.7. The predicted octanol–water partition coefficient (Wildman–Crippen LogP) is 4.19. The molecule has 1 aromatic carbocycles. The first-order chi connectivity index (χ1) is 14.9. The second-order valence-corrected chi connectivity index (χ2v) is 9.26. The lowest BCUT2D eigenvalue weighted by Gasteiger charge is -2.22. The highest BCUT2D eigenvalue weighted by molar-refractivity contribution is 5.90. The van der Waals surface area contributed by atoms with E-state index in [-0.39, 0.29) is 11.4 Å². The summed E-state index contributed by atoms with van der Waals surface area (Å²) in [7, 11) is 0. The molecule has 1 aliphatic rings. The number of hydrogen-bond donors (Lipinski definition) is 1. The Balaban J connectivity index is 1.62. The Bertz CT molecular complexity index is 1230. The van der Waals surface area contributed by atoms with Gasteiger partial charge in [-0.15, -0.1) is 0 Å². The summed E-state index contributed by atoms with van der Waals surface area (Å²) in [5.41, 5.74) is 2.99. The van der Waals surface area contributed by atoms with Gasteiger partial charge >= 0.3 is 0 Å². The van der Waals surface area contributed by atoms with Gasteiger partial charge in [-0.1, -0.05) is 12.1 Å². The summed E-state index contributed by atoms with van der Waals surface area (Å²) in [6.45, 7) is 10.4. The molecule has 31 heavy (non-hydrogen) atoms. The van der Waals surface area contributed by atoms with Crippen LogP contribution in [-0.4, -0.2) is 54.0 Å². The van der Waals surface area contributed by atoms with Crippen LogP contribution in [0.4, 0.5) is 10.2 Å². The number of halogens is 1. The number of nitrogens with zero attached hydrogens (tertiary/aromatic N) is 6. The molecule has 0 atom stereocenters. The molecule has 0 bridgehead atoms. The molecular formula is C23H28FN7. The quantitative estimate of drug-likeness (QED) is 0.524. The zero-order chi connectivity index (χ0) is 21.6. The van der Waals surface area contributed by atoms with Gasteiger partial charge in [-0.05, 0) is 58.8 Å². The number of benzene rings is 1. The van der Waals surface area contributed by atoms with E-state index < -0.39 is 0 Å². The van der Waals surface area contributed by atoms with E-state index in [0.717, 1.165) is 24.3 Å². The predicted molar refractivity (Wildman–Crippen MR) is 121 cm³/mol. The molecule has 0 saturated carbocycles. The van der Waals surface area contributed by atoms with Crippen LogP contribution in [0.5, 0.6) is 0 Å². The summed E-state index contributed by atoms with van der Waals surface area (Å²) in [6.07, 6.45) is 6.15. The van der Waals surface area contributed by atoms with Crippen molar-refractivity contribution in [2.75, 3.05) is 25.0 Å². The average molecular weight is 422 g/mol. The number of aromatic nitrogens is 5. The van der Waals surface area contributed by atoms with E-state index in [1.54, 1.807) is 18.5 Å². The molecule has 7 nitrogen and oxygen atoms in total. The van der Waals surface area contributed by atoms with Crippen molar-refractivity contribution in [3.63, 3.8) is 0 Å². The van der Waals surface area contributed by atoms with E-state index in [1.165, 1.54) is 32.0 Å².